The molecule has 0 aliphatic heterocycles. The Balaban J connectivity index is 1.91. The van der Waals surface area contributed by atoms with E-state index < -0.39 is 0 Å². The smallest absolute Gasteiger partial charge is 0.196 e. The highest BCUT2D eigenvalue weighted by Gasteiger charge is 2.31. The first-order valence-electron chi connectivity index (χ1n) is 9.88. The van der Waals surface area contributed by atoms with E-state index in [2.05, 4.69) is 20.8 Å². The maximum Gasteiger partial charge on any atom is 0.196 e. The fourth-order valence-corrected chi connectivity index (χ4v) is 5.40. The van der Waals surface area contributed by atoms with Crippen molar-refractivity contribution >= 4 is 23.2 Å². The van der Waals surface area contributed by atoms with Gasteiger partial charge >= 0.3 is 0 Å². The van der Waals surface area contributed by atoms with Crippen LogP contribution in [0.25, 0.3) is 6.08 Å². The molecule has 1 aliphatic carbocycles. The molecule has 0 bridgehead atoms. The van der Waals surface area contributed by atoms with Crippen LogP contribution in [0.4, 0.5) is 0 Å². The predicted molar refractivity (Wildman–Crippen MR) is 115 cm³/mol. The fourth-order valence-electron chi connectivity index (χ4n) is 4.01. The number of hydrogen-bond acceptors (Lipinski definition) is 3. The van der Waals surface area contributed by atoms with Crippen LogP contribution in [0.2, 0.25) is 0 Å². The van der Waals surface area contributed by atoms with Gasteiger partial charge in [-0.1, -0.05) is 33.3 Å². The summed E-state index contributed by atoms with van der Waals surface area (Å²) in [6, 6.07) is 3.84. The Labute approximate surface area is 166 Å². The average molecular weight is 383 g/mol. The summed E-state index contributed by atoms with van der Waals surface area (Å²) in [5.74, 6) is 0.444. The maximum absolute atomic E-state index is 13.0. The molecule has 1 N–H and O–H groups in total. The number of aromatic hydroxyl groups is 1. The summed E-state index contributed by atoms with van der Waals surface area (Å²) in [5.41, 5.74) is 5.71. The molecule has 27 heavy (non-hydrogen) atoms. The second-order valence-corrected chi connectivity index (χ2v) is 9.71. The molecule has 0 radical (unpaired) electrons. The van der Waals surface area contributed by atoms with Gasteiger partial charge in [0.15, 0.2) is 5.78 Å². The Morgan fingerprint density at radius 2 is 1.89 bits per heavy atom. The summed E-state index contributed by atoms with van der Waals surface area (Å²) in [7, 11) is 0. The molecule has 1 aliphatic rings. The topological polar surface area (TPSA) is 37.3 Å². The SMILES string of the molecule is CCCc1sc(C(=O)C=Cc2cc(C)c(O)c(C)c2)c2c1CC(C)(C)CC2. The zero-order chi connectivity index (χ0) is 19.8. The molecule has 1 aromatic carbocycles. The van der Waals surface area contributed by atoms with Crippen molar-refractivity contribution in [2.45, 2.75) is 66.7 Å². The molecule has 1 aromatic heterocycles. The van der Waals surface area contributed by atoms with Gasteiger partial charge in [-0.2, -0.15) is 0 Å². The molecule has 144 valence electrons. The van der Waals surface area contributed by atoms with Gasteiger partial charge in [-0.3, -0.25) is 4.79 Å². The van der Waals surface area contributed by atoms with Gasteiger partial charge in [0, 0.05) is 4.88 Å². The number of thiophene rings is 1. The van der Waals surface area contributed by atoms with Crippen molar-refractivity contribution in [2.24, 2.45) is 5.41 Å². The van der Waals surface area contributed by atoms with E-state index in [1.54, 1.807) is 17.4 Å². The highest BCUT2D eigenvalue weighted by molar-refractivity contribution is 7.14. The van der Waals surface area contributed by atoms with E-state index in [-0.39, 0.29) is 5.78 Å². The first-order valence-corrected chi connectivity index (χ1v) is 10.7. The van der Waals surface area contributed by atoms with Crippen LogP contribution in [-0.2, 0) is 19.3 Å². The van der Waals surface area contributed by atoms with Crippen molar-refractivity contribution < 1.29 is 9.90 Å². The number of rotatable bonds is 5. The summed E-state index contributed by atoms with van der Waals surface area (Å²) in [6.45, 7) is 10.6. The van der Waals surface area contributed by atoms with Gasteiger partial charge < -0.3 is 5.11 Å². The van der Waals surface area contributed by atoms with Crippen LogP contribution in [0.5, 0.6) is 5.75 Å². The average Bonchev–Trinajstić information content (AvgIpc) is 2.94. The van der Waals surface area contributed by atoms with E-state index in [1.165, 1.54) is 16.0 Å². The number of carbonyl (C=O) groups is 1. The van der Waals surface area contributed by atoms with Crippen molar-refractivity contribution in [1.82, 2.24) is 0 Å². The second-order valence-electron chi connectivity index (χ2n) is 8.60. The normalized spacial score (nSPS) is 15.9. The minimum atomic E-state index is 0.113. The third kappa shape index (κ3) is 4.19. The number of phenols is 1. The molecule has 0 atom stereocenters. The first-order chi connectivity index (χ1) is 12.7. The number of ketones is 1. The van der Waals surface area contributed by atoms with Gasteiger partial charge in [0.25, 0.3) is 0 Å². The van der Waals surface area contributed by atoms with Gasteiger partial charge in [-0.25, -0.2) is 0 Å². The lowest BCUT2D eigenvalue weighted by Crippen LogP contribution is -2.22. The molecule has 0 unspecified atom stereocenters. The van der Waals surface area contributed by atoms with Crippen LogP contribution in [0.1, 0.15) is 76.0 Å². The van der Waals surface area contributed by atoms with Crippen molar-refractivity contribution in [3.8, 4) is 5.75 Å². The minimum Gasteiger partial charge on any atom is -0.507 e. The Morgan fingerprint density at radius 1 is 1.22 bits per heavy atom. The molecule has 0 saturated heterocycles. The van der Waals surface area contributed by atoms with Gasteiger partial charge in [-0.05, 0) is 91.0 Å². The monoisotopic (exact) mass is 382 g/mol. The van der Waals surface area contributed by atoms with E-state index in [0.29, 0.717) is 11.2 Å². The second kappa shape index (κ2) is 7.63. The number of aryl methyl sites for hydroxylation is 3. The van der Waals surface area contributed by atoms with Crippen LogP contribution in [0.15, 0.2) is 18.2 Å². The molecule has 0 spiro atoms. The van der Waals surface area contributed by atoms with Crippen LogP contribution >= 0.6 is 11.3 Å². The van der Waals surface area contributed by atoms with E-state index in [4.69, 9.17) is 0 Å². The standard InChI is InChI=1S/C24H30O2S/c1-6-7-21-19-14-24(4,5)11-10-18(19)23(27-21)20(25)9-8-17-12-15(2)22(26)16(3)13-17/h8-9,12-13,26H,6-7,10-11,14H2,1-5H3. The van der Waals surface area contributed by atoms with E-state index in [1.807, 2.05) is 32.1 Å². The van der Waals surface area contributed by atoms with Gasteiger partial charge in [0.05, 0.1) is 4.88 Å². The Kier molecular flexibility index (Phi) is 5.62. The van der Waals surface area contributed by atoms with Crippen LogP contribution < -0.4 is 0 Å². The molecule has 1 heterocycles. The van der Waals surface area contributed by atoms with E-state index >= 15 is 0 Å². The predicted octanol–water partition coefficient (Wildman–Crippen LogP) is 6.43. The molecule has 0 fully saturated rings. The quantitative estimate of drug-likeness (QED) is 0.477. The van der Waals surface area contributed by atoms with Crippen LogP contribution in [0, 0.1) is 19.3 Å². The number of phenolic OH excluding ortho intramolecular Hbond substituents is 1. The van der Waals surface area contributed by atoms with Crippen molar-refractivity contribution in [2.75, 3.05) is 0 Å². The number of carbonyl (C=O) groups excluding carboxylic acids is 1. The largest absolute Gasteiger partial charge is 0.507 e. The first kappa shape index (κ1) is 19.9. The number of fused-ring (bicyclic) bond motifs is 1. The maximum atomic E-state index is 13.0. The lowest BCUT2D eigenvalue weighted by molar-refractivity contribution is 0.105. The van der Waals surface area contributed by atoms with E-state index in [0.717, 1.165) is 53.7 Å². The molecule has 0 amide bonds. The molecular weight excluding hydrogens is 352 g/mol. The zero-order valence-electron chi connectivity index (χ0n) is 17.1. The molecule has 2 nitrogen and oxygen atoms in total. The summed E-state index contributed by atoms with van der Waals surface area (Å²) in [6.07, 6.45) is 8.99. The van der Waals surface area contributed by atoms with Gasteiger partial charge in [-0.15, -0.1) is 11.3 Å². The van der Waals surface area contributed by atoms with Crippen molar-refractivity contribution in [1.29, 1.82) is 0 Å². The highest BCUT2D eigenvalue weighted by atomic mass is 32.1. The fraction of sp³-hybridized carbons (Fsp3) is 0.458. The van der Waals surface area contributed by atoms with Crippen molar-refractivity contribution in [3.63, 3.8) is 0 Å². The molecule has 0 saturated carbocycles. The lowest BCUT2D eigenvalue weighted by Gasteiger charge is -2.30. The van der Waals surface area contributed by atoms with Crippen LogP contribution in [0.3, 0.4) is 0 Å². The Bertz CT molecular complexity index is 876. The molecule has 3 heteroatoms. The van der Waals surface area contributed by atoms with Gasteiger partial charge in [0.1, 0.15) is 5.75 Å². The molecule has 2 aromatic rings. The van der Waals surface area contributed by atoms with Crippen LogP contribution in [-0.4, -0.2) is 10.9 Å². The number of benzene rings is 1. The summed E-state index contributed by atoms with van der Waals surface area (Å²) in [5, 5.41) is 9.92. The third-order valence-electron chi connectivity index (χ3n) is 5.55. The Morgan fingerprint density at radius 3 is 2.52 bits per heavy atom. The molecular formula is C24H30O2S. The number of hydrogen-bond donors (Lipinski definition) is 1. The summed E-state index contributed by atoms with van der Waals surface area (Å²) < 4.78 is 0. The van der Waals surface area contributed by atoms with E-state index in [9.17, 15) is 9.90 Å². The summed E-state index contributed by atoms with van der Waals surface area (Å²) >= 11 is 1.71. The van der Waals surface area contributed by atoms with Gasteiger partial charge in [0.2, 0.25) is 0 Å². The Hall–Kier alpha value is -1.87. The lowest BCUT2D eigenvalue weighted by atomic mass is 9.74. The third-order valence-corrected chi connectivity index (χ3v) is 6.90. The summed E-state index contributed by atoms with van der Waals surface area (Å²) in [4.78, 5) is 15.3. The highest BCUT2D eigenvalue weighted by Crippen LogP contribution is 2.42. The number of allylic oxidation sites excluding steroid dienone is 1. The zero-order valence-corrected chi connectivity index (χ0v) is 17.9. The van der Waals surface area contributed by atoms with Crippen molar-refractivity contribution in [3.05, 3.63) is 55.8 Å². The molecule has 3 rings (SSSR count). The minimum absolute atomic E-state index is 0.113.